The molecule has 0 bridgehead atoms. The van der Waals surface area contributed by atoms with Crippen LogP contribution in [-0.4, -0.2) is 25.5 Å². The average molecular weight is 489 g/mol. The van der Waals surface area contributed by atoms with Gasteiger partial charge in [-0.3, -0.25) is 4.79 Å². The van der Waals surface area contributed by atoms with Gasteiger partial charge in [0.25, 0.3) is 0 Å². The molecule has 0 aliphatic rings. The molecule has 37 heavy (non-hydrogen) atoms. The van der Waals surface area contributed by atoms with E-state index in [1.165, 1.54) is 18.0 Å². The van der Waals surface area contributed by atoms with Crippen molar-refractivity contribution in [3.8, 4) is 45.0 Å². The molecule has 5 aromatic rings. The van der Waals surface area contributed by atoms with Crippen LogP contribution in [0.5, 0.6) is 0 Å². The molecule has 5 nitrogen and oxygen atoms in total. The third kappa shape index (κ3) is 5.67. The number of hydrogen-bond acceptors (Lipinski definition) is 3. The molecule has 0 N–H and O–H groups in total. The molecule has 0 amide bonds. The largest absolute Gasteiger partial charge is 0.273 e. The third-order valence-corrected chi connectivity index (χ3v) is 5.69. The van der Waals surface area contributed by atoms with Crippen LogP contribution in [0, 0.1) is 0 Å². The first-order valence-electron chi connectivity index (χ1n) is 12.5. The van der Waals surface area contributed by atoms with Gasteiger partial charge in [0, 0.05) is 34.9 Å². The van der Waals surface area contributed by atoms with Crippen molar-refractivity contribution in [2.24, 2.45) is 0 Å². The van der Waals surface area contributed by atoms with Gasteiger partial charge in [0.15, 0.2) is 0 Å². The maximum atomic E-state index is 12.2. The summed E-state index contributed by atoms with van der Waals surface area (Å²) in [4.78, 5) is 12.2. The van der Waals surface area contributed by atoms with Crippen molar-refractivity contribution in [3.05, 3.63) is 104 Å². The fourth-order valence-corrected chi connectivity index (χ4v) is 4.02. The molecule has 2 aromatic heterocycles. The van der Waals surface area contributed by atoms with Crippen LogP contribution in [0.15, 0.2) is 104 Å². The summed E-state index contributed by atoms with van der Waals surface area (Å²) < 4.78 is 3.33. The molecule has 0 fully saturated rings. The zero-order chi connectivity index (χ0) is 26.4. The second kappa shape index (κ2) is 11.5. The fraction of sp³-hybridized carbons (Fsp3) is 0.156. The summed E-state index contributed by atoms with van der Waals surface area (Å²) in [6, 6.07) is 32.1. The van der Waals surface area contributed by atoms with E-state index in [0.29, 0.717) is 0 Å². The van der Waals surface area contributed by atoms with E-state index in [1.807, 2.05) is 90.5 Å². The molecule has 5 rings (SSSR count). The third-order valence-electron chi connectivity index (χ3n) is 5.69. The number of carbonyl (C=O) groups excluding carboxylic acids is 1. The van der Waals surface area contributed by atoms with Crippen LogP contribution < -0.4 is 0 Å². The highest BCUT2D eigenvalue weighted by atomic mass is 16.2. The van der Waals surface area contributed by atoms with Gasteiger partial charge < -0.3 is 0 Å². The van der Waals surface area contributed by atoms with Crippen LogP contribution in [0.3, 0.4) is 0 Å². The first-order chi connectivity index (χ1) is 17.9. The monoisotopic (exact) mass is 488 g/mol. The van der Waals surface area contributed by atoms with Crippen molar-refractivity contribution in [3.63, 3.8) is 0 Å². The SMILES string of the molecule is C=C(C)n1nc(-c2ccc(-c3cc(-c4ccccc4)n(C(C)=O)n3)cc2)cc1-c1ccccc1.CCC. The number of benzene rings is 3. The van der Waals surface area contributed by atoms with Crippen molar-refractivity contribution in [1.29, 1.82) is 0 Å². The van der Waals surface area contributed by atoms with E-state index >= 15 is 0 Å². The van der Waals surface area contributed by atoms with Gasteiger partial charge in [-0.25, -0.2) is 4.68 Å². The lowest BCUT2D eigenvalue weighted by molar-refractivity contribution is 0.0923. The van der Waals surface area contributed by atoms with E-state index in [1.54, 1.807) is 0 Å². The summed E-state index contributed by atoms with van der Waals surface area (Å²) in [7, 11) is 0. The number of hydrogen-bond donors (Lipinski definition) is 0. The lowest BCUT2D eigenvalue weighted by atomic mass is 10.0. The number of aromatic nitrogens is 4. The van der Waals surface area contributed by atoms with Gasteiger partial charge >= 0.3 is 0 Å². The molecule has 0 unspecified atom stereocenters. The van der Waals surface area contributed by atoms with Crippen LogP contribution in [0.25, 0.3) is 50.7 Å². The highest BCUT2D eigenvalue weighted by molar-refractivity contribution is 5.83. The minimum atomic E-state index is -0.125. The number of carbonyl (C=O) groups is 1. The standard InChI is InChI=1S/C29H24N4O.C3H8/c1-20(2)32-28(24-10-6-4-7-11-24)18-26(30-32)22-14-16-23(17-15-22)27-19-29(33(31-27)21(3)34)25-12-8-5-9-13-25;1-3-2/h4-19H,1H2,2-3H3;3H2,1-2H3. The maximum Gasteiger partial charge on any atom is 0.244 e. The molecule has 5 heteroatoms. The van der Waals surface area contributed by atoms with Gasteiger partial charge in [0.2, 0.25) is 5.91 Å². The molecule has 0 spiro atoms. The Morgan fingerprint density at radius 1 is 0.649 bits per heavy atom. The van der Waals surface area contributed by atoms with E-state index in [4.69, 9.17) is 5.10 Å². The van der Waals surface area contributed by atoms with Crippen molar-refractivity contribution in [2.75, 3.05) is 0 Å². The van der Waals surface area contributed by atoms with E-state index in [2.05, 4.69) is 43.7 Å². The van der Waals surface area contributed by atoms with Gasteiger partial charge in [-0.1, -0.05) is 112 Å². The fourth-order valence-electron chi connectivity index (χ4n) is 4.02. The van der Waals surface area contributed by atoms with Crippen molar-refractivity contribution in [2.45, 2.75) is 34.1 Å². The lowest BCUT2D eigenvalue weighted by Crippen LogP contribution is -2.09. The summed E-state index contributed by atoms with van der Waals surface area (Å²) in [5.41, 5.74) is 8.21. The van der Waals surface area contributed by atoms with E-state index < -0.39 is 0 Å². The quantitative estimate of drug-likeness (QED) is 0.250. The minimum Gasteiger partial charge on any atom is -0.273 e. The molecule has 0 saturated heterocycles. The Balaban J connectivity index is 0.00000102. The molecule has 0 aliphatic heterocycles. The Kier molecular flexibility index (Phi) is 7.94. The molecular weight excluding hydrogens is 456 g/mol. The Morgan fingerprint density at radius 3 is 1.41 bits per heavy atom. The molecule has 0 aliphatic carbocycles. The summed E-state index contributed by atoms with van der Waals surface area (Å²) >= 11 is 0. The highest BCUT2D eigenvalue weighted by Crippen LogP contribution is 2.31. The average Bonchev–Trinajstić information content (AvgIpc) is 3.56. The molecule has 0 atom stereocenters. The lowest BCUT2D eigenvalue weighted by Gasteiger charge is -2.05. The molecule has 3 aromatic carbocycles. The Morgan fingerprint density at radius 2 is 1.03 bits per heavy atom. The number of allylic oxidation sites excluding steroid dienone is 1. The van der Waals surface area contributed by atoms with Crippen LogP contribution in [-0.2, 0) is 0 Å². The molecular formula is C32H32N4O. The Bertz CT molecular complexity index is 1380. The summed E-state index contributed by atoms with van der Waals surface area (Å²) in [6.45, 7) is 11.8. The van der Waals surface area contributed by atoms with Crippen LogP contribution in [0.1, 0.15) is 38.9 Å². The number of rotatable bonds is 5. The zero-order valence-corrected chi connectivity index (χ0v) is 21.8. The van der Waals surface area contributed by atoms with Crippen LogP contribution in [0.4, 0.5) is 0 Å². The van der Waals surface area contributed by atoms with Gasteiger partial charge in [0.1, 0.15) is 0 Å². The van der Waals surface area contributed by atoms with Gasteiger partial charge in [-0.2, -0.15) is 14.9 Å². The first kappa shape index (κ1) is 25.6. The van der Waals surface area contributed by atoms with Crippen LogP contribution in [0.2, 0.25) is 0 Å². The Labute approximate surface area is 218 Å². The topological polar surface area (TPSA) is 52.7 Å². The molecule has 186 valence electrons. The first-order valence-corrected chi connectivity index (χ1v) is 12.5. The van der Waals surface area contributed by atoms with Gasteiger partial charge in [0.05, 0.1) is 22.8 Å². The highest BCUT2D eigenvalue weighted by Gasteiger charge is 2.15. The van der Waals surface area contributed by atoms with E-state index in [9.17, 15) is 4.79 Å². The van der Waals surface area contributed by atoms with Crippen molar-refractivity contribution < 1.29 is 4.79 Å². The smallest absolute Gasteiger partial charge is 0.244 e. The summed E-state index contributed by atoms with van der Waals surface area (Å²) in [5, 5.41) is 9.37. The van der Waals surface area contributed by atoms with E-state index in [0.717, 1.165) is 50.7 Å². The van der Waals surface area contributed by atoms with Gasteiger partial charge in [-0.05, 0) is 19.1 Å². The number of nitrogens with zero attached hydrogens (tertiary/aromatic N) is 4. The van der Waals surface area contributed by atoms with Gasteiger partial charge in [-0.15, -0.1) is 0 Å². The van der Waals surface area contributed by atoms with Crippen molar-refractivity contribution >= 4 is 11.6 Å². The van der Waals surface area contributed by atoms with Crippen LogP contribution >= 0.6 is 0 Å². The molecule has 0 radical (unpaired) electrons. The zero-order valence-electron chi connectivity index (χ0n) is 21.8. The summed E-state index contributed by atoms with van der Waals surface area (Å²) in [5.74, 6) is -0.125. The minimum absolute atomic E-state index is 0.125. The normalized spacial score (nSPS) is 10.5. The maximum absolute atomic E-state index is 12.2. The Hall–Kier alpha value is -4.51. The second-order valence-electron chi connectivity index (χ2n) is 8.92. The predicted octanol–water partition coefficient (Wildman–Crippen LogP) is 8.31. The van der Waals surface area contributed by atoms with Crippen molar-refractivity contribution in [1.82, 2.24) is 19.6 Å². The second-order valence-corrected chi connectivity index (χ2v) is 8.92. The summed E-state index contributed by atoms with van der Waals surface area (Å²) in [6.07, 6.45) is 1.25. The van der Waals surface area contributed by atoms with E-state index in [-0.39, 0.29) is 5.91 Å². The molecule has 0 saturated carbocycles. The molecule has 2 heterocycles. The predicted molar refractivity (Wildman–Crippen MR) is 153 cm³/mol.